The van der Waals surface area contributed by atoms with Gasteiger partial charge in [0, 0.05) is 12.0 Å². The fraction of sp³-hybridized carbons (Fsp3) is 0.550. The first kappa shape index (κ1) is 13.3. The topological polar surface area (TPSA) is 17.1 Å². The molecule has 0 radical (unpaired) electrons. The van der Waals surface area contributed by atoms with E-state index >= 15 is 0 Å². The van der Waals surface area contributed by atoms with E-state index < -0.39 is 0 Å². The van der Waals surface area contributed by atoms with Crippen LogP contribution in [0.2, 0.25) is 0 Å². The standard InChI is InChI=1S/C20H24O/c1-3-13(2)15-5-7-18-16(9-15)11-20(12-19(18)21)10-14-4-6-17(20)8-14/h4-5,7,9,13,17H,3,6,8,10-12H2,1-2H3. The Hall–Kier alpha value is -1.37. The molecule has 3 aliphatic carbocycles. The van der Waals surface area contributed by atoms with E-state index in [-0.39, 0.29) is 5.41 Å². The smallest absolute Gasteiger partial charge is 0.163 e. The summed E-state index contributed by atoms with van der Waals surface area (Å²) in [5.74, 6) is 1.71. The van der Waals surface area contributed by atoms with E-state index in [1.54, 1.807) is 5.57 Å². The summed E-state index contributed by atoms with van der Waals surface area (Å²) < 4.78 is 0. The molecule has 1 spiro atoms. The average Bonchev–Trinajstić information content (AvgIpc) is 3.06. The molecule has 0 aromatic heterocycles. The zero-order valence-corrected chi connectivity index (χ0v) is 13.1. The van der Waals surface area contributed by atoms with E-state index in [1.165, 1.54) is 30.4 Å². The van der Waals surface area contributed by atoms with Crippen molar-refractivity contribution >= 4 is 5.78 Å². The third kappa shape index (κ3) is 1.93. The first-order valence-electron chi connectivity index (χ1n) is 8.45. The highest BCUT2D eigenvalue weighted by Crippen LogP contribution is 2.58. The van der Waals surface area contributed by atoms with Gasteiger partial charge in [-0.25, -0.2) is 0 Å². The van der Waals surface area contributed by atoms with E-state index in [4.69, 9.17) is 0 Å². The van der Waals surface area contributed by atoms with Gasteiger partial charge in [0.15, 0.2) is 5.78 Å². The second-order valence-corrected chi connectivity index (χ2v) is 7.54. The van der Waals surface area contributed by atoms with Crippen LogP contribution in [0.15, 0.2) is 29.8 Å². The highest BCUT2D eigenvalue weighted by atomic mass is 16.1. The van der Waals surface area contributed by atoms with Crippen LogP contribution in [0.5, 0.6) is 0 Å². The number of carbonyl (C=O) groups is 1. The van der Waals surface area contributed by atoms with Crippen LogP contribution in [0.1, 0.15) is 73.4 Å². The lowest BCUT2D eigenvalue weighted by Gasteiger charge is -2.40. The molecular weight excluding hydrogens is 256 g/mol. The monoisotopic (exact) mass is 280 g/mol. The Morgan fingerprint density at radius 3 is 2.81 bits per heavy atom. The number of fused-ring (bicyclic) bond motifs is 4. The quantitative estimate of drug-likeness (QED) is 0.692. The van der Waals surface area contributed by atoms with E-state index in [9.17, 15) is 4.79 Å². The Morgan fingerprint density at radius 1 is 1.29 bits per heavy atom. The average molecular weight is 280 g/mol. The number of allylic oxidation sites excluding steroid dienone is 2. The van der Waals surface area contributed by atoms with Gasteiger partial charge in [-0.15, -0.1) is 0 Å². The second-order valence-electron chi connectivity index (χ2n) is 7.54. The maximum absolute atomic E-state index is 12.7. The van der Waals surface area contributed by atoms with Gasteiger partial charge in [-0.05, 0) is 60.5 Å². The summed E-state index contributed by atoms with van der Waals surface area (Å²) in [6.07, 6.45) is 9.14. The number of Topliss-reactive ketones (excluding diaryl/α,β-unsaturated/α-hetero) is 1. The highest BCUT2D eigenvalue weighted by molar-refractivity contribution is 5.99. The van der Waals surface area contributed by atoms with Crippen LogP contribution in [0.25, 0.3) is 0 Å². The summed E-state index contributed by atoms with van der Waals surface area (Å²) in [4.78, 5) is 12.7. The van der Waals surface area contributed by atoms with Crippen molar-refractivity contribution in [2.75, 3.05) is 0 Å². The van der Waals surface area contributed by atoms with E-state index in [2.05, 4.69) is 38.1 Å². The van der Waals surface area contributed by atoms with Crippen molar-refractivity contribution in [2.24, 2.45) is 11.3 Å². The summed E-state index contributed by atoms with van der Waals surface area (Å²) in [7, 11) is 0. The van der Waals surface area contributed by atoms with Gasteiger partial charge in [0.05, 0.1) is 0 Å². The molecule has 110 valence electrons. The Kier molecular flexibility index (Phi) is 2.89. The lowest BCUT2D eigenvalue weighted by molar-refractivity contribution is 0.0823. The first-order chi connectivity index (χ1) is 10.1. The minimum absolute atomic E-state index is 0.266. The minimum atomic E-state index is 0.266. The molecule has 1 saturated carbocycles. The summed E-state index contributed by atoms with van der Waals surface area (Å²) in [5.41, 5.74) is 5.63. The maximum Gasteiger partial charge on any atom is 0.163 e. The van der Waals surface area contributed by atoms with Crippen molar-refractivity contribution in [1.82, 2.24) is 0 Å². The Bertz CT molecular complexity index is 639. The molecule has 1 fully saturated rings. The number of hydrogen-bond acceptors (Lipinski definition) is 1. The molecule has 1 nitrogen and oxygen atoms in total. The van der Waals surface area contributed by atoms with Crippen molar-refractivity contribution in [2.45, 2.75) is 58.3 Å². The summed E-state index contributed by atoms with van der Waals surface area (Å²) in [6.45, 7) is 4.52. The Balaban J connectivity index is 1.73. The third-order valence-corrected chi connectivity index (χ3v) is 6.31. The molecule has 4 rings (SSSR count). The Labute approximate surface area is 127 Å². The van der Waals surface area contributed by atoms with Gasteiger partial charge in [-0.2, -0.15) is 0 Å². The van der Waals surface area contributed by atoms with Crippen LogP contribution in [0.3, 0.4) is 0 Å². The molecule has 0 N–H and O–H groups in total. The van der Waals surface area contributed by atoms with Crippen molar-refractivity contribution < 1.29 is 4.79 Å². The fourth-order valence-electron chi connectivity index (χ4n) is 4.84. The van der Waals surface area contributed by atoms with Gasteiger partial charge in [0.1, 0.15) is 0 Å². The van der Waals surface area contributed by atoms with E-state index in [0.29, 0.717) is 11.7 Å². The number of rotatable bonds is 2. The van der Waals surface area contributed by atoms with E-state index in [1.807, 2.05) is 0 Å². The van der Waals surface area contributed by atoms with Crippen molar-refractivity contribution in [3.8, 4) is 0 Å². The fourth-order valence-corrected chi connectivity index (χ4v) is 4.84. The highest BCUT2D eigenvalue weighted by Gasteiger charge is 2.50. The zero-order valence-electron chi connectivity index (χ0n) is 13.1. The molecule has 2 bridgehead atoms. The molecule has 3 aliphatic rings. The molecule has 21 heavy (non-hydrogen) atoms. The lowest BCUT2D eigenvalue weighted by atomic mass is 9.63. The van der Waals surface area contributed by atoms with Crippen molar-refractivity contribution in [3.05, 3.63) is 46.5 Å². The SMILES string of the molecule is CCC(C)c1ccc2c(c1)CC1(CC2=O)CC2=CCC1C2. The molecule has 1 aromatic rings. The first-order valence-corrected chi connectivity index (χ1v) is 8.45. The van der Waals surface area contributed by atoms with Gasteiger partial charge in [0.2, 0.25) is 0 Å². The van der Waals surface area contributed by atoms with Crippen molar-refractivity contribution in [1.29, 1.82) is 0 Å². The van der Waals surface area contributed by atoms with Gasteiger partial charge in [-0.1, -0.05) is 43.7 Å². The molecule has 3 unspecified atom stereocenters. The molecular formula is C20H24O. The molecule has 0 saturated heterocycles. The zero-order chi connectivity index (χ0) is 14.6. The van der Waals surface area contributed by atoms with E-state index in [0.717, 1.165) is 30.7 Å². The van der Waals surface area contributed by atoms with Gasteiger partial charge < -0.3 is 0 Å². The maximum atomic E-state index is 12.7. The largest absolute Gasteiger partial charge is 0.294 e. The predicted molar refractivity (Wildman–Crippen MR) is 85.7 cm³/mol. The molecule has 0 amide bonds. The number of benzene rings is 1. The summed E-state index contributed by atoms with van der Waals surface area (Å²) >= 11 is 0. The van der Waals surface area contributed by atoms with Gasteiger partial charge >= 0.3 is 0 Å². The normalized spacial score (nSPS) is 31.4. The molecule has 0 aliphatic heterocycles. The van der Waals surface area contributed by atoms with Gasteiger partial charge in [-0.3, -0.25) is 4.79 Å². The molecule has 1 aromatic carbocycles. The van der Waals surface area contributed by atoms with Crippen LogP contribution >= 0.6 is 0 Å². The van der Waals surface area contributed by atoms with Crippen LogP contribution < -0.4 is 0 Å². The Morgan fingerprint density at radius 2 is 2.14 bits per heavy atom. The number of ketones is 1. The van der Waals surface area contributed by atoms with Crippen LogP contribution in [-0.4, -0.2) is 5.78 Å². The number of hydrogen-bond donors (Lipinski definition) is 0. The van der Waals surface area contributed by atoms with Crippen LogP contribution in [0, 0.1) is 11.3 Å². The van der Waals surface area contributed by atoms with Crippen LogP contribution in [-0.2, 0) is 6.42 Å². The van der Waals surface area contributed by atoms with Gasteiger partial charge in [0.25, 0.3) is 0 Å². The summed E-state index contributed by atoms with van der Waals surface area (Å²) in [6, 6.07) is 6.60. The van der Waals surface area contributed by atoms with Crippen LogP contribution in [0.4, 0.5) is 0 Å². The minimum Gasteiger partial charge on any atom is -0.294 e. The number of carbonyl (C=O) groups excluding carboxylic acids is 1. The van der Waals surface area contributed by atoms with Crippen molar-refractivity contribution in [3.63, 3.8) is 0 Å². The molecule has 0 heterocycles. The lowest BCUT2D eigenvalue weighted by Crippen LogP contribution is -2.36. The second kappa shape index (κ2) is 4.56. The third-order valence-electron chi connectivity index (χ3n) is 6.31. The predicted octanol–water partition coefficient (Wildman–Crippen LogP) is 5.06. The molecule has 1 heteroatoms. The summed E-state index contributed by atoms with van der Waals surface area (Å²) in [5, 5.41) is 0. The molecule has 3 atom stereocenters.